The van der Waals surface area contributed by atoms with Crippen molar-refractivity contribution in [1.29, 1.82) is 0 Å². The molecular formula is C33H37NO13. The summed E-state index contributed by atoms with van der Waals surface area (Å²) in [5, 5.41) is 44.6. The minimum absolute atomic E-state index is 0.0359. The van der Waals surface area contributed by atoms with Crippen molar-refractivity contribution in [3.05, 3.63) is 51.6 Å². The number of carbonyl (C=O) groups excluding carboxylic acids is 3. The normalized spacial score (nSPS) is 34.6. The van der Waals surface area contributed by atoms with Gasteiger partial charge in [-0.1, -0.05) is 12.1 Å². The van der Waals surface area contributed by atoms with Crippen LogP contribution in [-0.4, -0.2) is 119 Å². The second-order valence-corrected chi connectivity index (χ2v) is 12.8. The van der Waals surface area contributed by atoms with Crippen LogP contribution >= 0.6 is 0 Å². The van der Waals surface area contributed by atoms with Crippen LogP contribution < -0.4 is 4.74 Å². The molecule has 3 heterocycles. The summed E-state index contributed by atoms with van der Waals surface area (Å²) in [4.78, 5) is 42.7. The zero-order valence-electron chi connectivity index (χ0n) is 26.3. The van der Waals surface area contributed by atoms with Gasteiger partial charge >= 0.3 is 0 Å². The van der Waals surface area contributed by atoms with E-state index in [9.17, 15) is 34.8 Å². The minimum Gasteiger partial charge on any atom is -0.507 e. The van der Waals surface area contributed by atoms with Gasteiger partial charge < -0.3 is 48.8 Å². The molecule has 0 amide bonds. The molecule has 7 rings (SSSR count). The molecule has 47 heavy (non-hydrogen) atoms. The lowest BCUT2D eigenvalue weighted by Crippen LogP contribution is -2.57. The summed E-state index contributed by atoms with van der Waals surface area (Å²) in [5.74, 6) is -3.61. The molecule has 5 aliphatic rings. The van der Waals surface area contributed by atoms with Gasteiger partial charge in [0.1, 0.15) is 35.6 Å². The lowest BCUT2D eigenvalue weighted by molar-refractivity contribution is -0.268. The molecule has 0 aromatic heterocycles. The number of hydrogen-bond donors (Lipinski definition) is 4. The van der Waals surface area contributed by atoms with Gasteiger partial charge in [-0.2, -0.15) is 0 Å². The largest absolute Gasteiger partial charge is 0.507 e. The van der Waals surface area contributed by atoms with Crippen molar-refractivity contribution in [2.45, 2.75) is 88.0 Å². The highest BCUT2D eigenvalue weighted by Gasteiger charge is 2.56. The molecule has 3 aliphatic heterocycles. The predicted octanol–water partition coefficient (Wildman–Crippen LogP) is 1.10. The number of ketones is 3. The number of rotatable bonds is 6. The molecule has 2 aliphatic carbocycles. The third-order valence-corrected chi connectivity index (χ3v) is 10.0. The summed E-state index contributed by atoms with van der Waals surface area (Å²) in [6.45, 7) is 3.31. The number of fused-ring (bicyclic) bond motifs is 6. The van der Waals surface area contributed by atoms with E-state index in [1.54, 1.807) is 7.11 Å². The lowest BCUT2D eigenvalue weighted by Gasteiger charge is -2.44. The molecule has 252 valence electrons. The number of carbonyl (C=O) groups is 3. The molecule has 4 N–H and O–H groups in total. The maximum atomic E-state index is 13.9. The number of benzene rings is 2. The molecule has 9 atom stereocenters. The zero-order valence-corrected chi connectivity index (χ0v) is 26.3. The standard InChI is InChI=1S/C33H37NO13/c1-13-11-34-17-8-21(45-14(2)30(17)47-31(34)32(43-4)44-13)46-19-10-33(41,20(36)12-35)9-16-23(19)29(40)25-24(27(16)38)26(37)15-6-5-7-18(42-3)22(15)28(25)39/h5-7,13-14,17,19,21,30-32,35,38,40-41H,8-12H2,1-4H3/t13?,14-,17-,19-,21-,30+,31+,32-,33-/m0/s1. The fourth-order valence-electron chi connectivity index (χ4n) is 7.90. The second-order valence-electron chi connectivity index (χ2n) is 12.8. The second kappa shape index (κ2) is 11.6. The minimum atomic E-state index is -2.23. The lowest BCUT2D eigenvalue weighted by atomic mass is 9.72. The Morgan fingerprint density at radius 1 is 1.04 bits per heavy atom. The highest BCUT2D eigenvalue weighted by Crippen LogP contribution is 2.53. The Kier molecular flexibility index (Phi) is 7.92. The first kappa shape index (κ1) is 32.1. The molecule has 2 aromatic rings. The summed E-state index contributed by atoms with van der Waals surface area (Å²) in [5.41, 5.74) is -3.44. The molecule has 0 spiro atoms. The van der Waals surface area contributed by atoms with Crippen molar-refractivity contribution in [2.75, 3.05) is 27.4 Å². The molecule has 2 aromatic carbocycles. The van der Waals surface area contributed by atoms with Gasteiger partial charge in [0.25, 0.3) is 0 Å². The van der Waals surface area contributed by atoms with Crippen LogP contribution in [0.2, 0.25) is 0 Å². The first-order chi connectivity index (χ1) is 22.4. The quantitative estimate of drug-likeness (QED) is 0.276. The van der Waals surface area contributed by atoms with Crippen LogP contribution in [0.3, 0.4) is 0 Å². The molecule has 0 radical (unpaired) electrons. The van der Waals surface area contributed by atoms with Gasteiger partial charge in [0.05, 0.1) is 42.1 Å². The van der Waals surface area contributed by atoms with E-state index < -0.39 is 96.0 Å². The van der Waals surface area contributed by atoms with Crippen LogP contribution in [-0.2, 0) is 34.9 Å². The number of hydrogen-bond acceptors (Lipinski definition) is 14. The Bertz CT molecular complexity index is 1660. The zero-order chi connectivity index (χ0) is 33.5. The summed E-state index contributed by atoms with van der Waals surface area (Å²) in [6.07, 6.45) is -5.02. The number of ether oxygens (including phenoxy) is 6. The number of phenolic OH excluding ortho intramolecular Hbond substituents is 2. The maximum Gasteiger partial charge on any atom is 0.202 e. The number of morpholine rings is 1. The van der Waals surface area contributed by atoms with Gasteiger partial charge in [0.2, 0.25) is 5.78 Å². The fraction of sp³-hybridized carbons (Fsp3) is 0.545. The van der Waals surface area contributed by atoms with E-state index in [0.717, 1.165) is 0 Å². The van der Waals surface area contributed by atoms with Crippen molar-refractivity contribution >= 4 is 17.3 Å². The van der Waals surface area contributed by atoms with Crippen LogP contribution in [0, 0.1) is 0 Å². The van der Waals surface area contributed by atoms with E-state index in [2.05, 4.69) is 4.90 Å². The van der Waals surface area contributed by atoms with Gasteiger partial charge in [-0.05, 0) is 19.9 Å². The van der Waals surface area contributed by atoms with Gasteiger partial charge in [-0.25, -0.2) is 0 Å². The van der Waals surface area contributed by atoms with Crippen LogP contribution in [0.5, 0.6) is 17.2 Å². The van der Waals surface area contributed by atoms with Gasteiger partial charge in [-0.15, -0.1) is 0 Å². The number of Topliss-reactive ketones (excluding diaryl/α,β-unsaturated/α-hetero) is 1. The number of phenols is 2. The third kappa shape index (κ3) is 4.81. The number of methoxy groups -OCH3 is 2. The number of nitrogens with zero attached hydrogens (tertiary/aromatic N) is 1. The van der Waals surface area contributed by atoms with Crippen molar-refractivity contribution in [3.8, 4) is 17.2 Å². The Balaban J connectivity index is 1.29. The summed E-state index contributed by atoms with van der Waals surface area (Å²) in [6, 6.07) is 4.25. The molecule has 0 saturated carbocycles. The van der Waals surface area contributed by atoms with Crippen molar-refractivity contribution < 1.29 is 63.2 Å². The average Bonchev–Trinajstić information content (AvgIpc) is 3.42. The van der Waals surface area contributed by atoms with Crippen LogP contribution in [0.25, 0.3) is 0 Å². The van der Waals surface area contributed by atoms with E-state index >= 15 is 0 Å². The van der Waals surface area contributed by atoms with E-state index in [1.165, 1.54) is 25.3 Å². The number of aromatic hydroxyl groups is 2. The summed E-state index contributed by atoms with van der Waals surface area (Å²) < 4.78 is 35.7. The molecular weight excluding hydrogens is 618 g/mol. The molecule has 3 fully saturated rings. The van der Waals surface area contributed by atoms with Gasteiger partial charge in [-0.3, -0.25) is 19.3 Å². The monoisotopic (exact) mass is 655 g/mol. The van der Waals surface area contributed by atoms with Crippen LogP contribution in [0.4, 0.5) is 0 Å². The molecule has 0 bridgehead atoms. The van der Waals surface area contributed by atoms with Crippen molar-refractivity contribution in [1.82, 2.24) is 4.90 Å². The van der Waals surface area contributed by atoms with Crippen molar-refractivity contribution in [2.24, 2.45) is 0 Å². The number of aliphatic hydroxyl groups is 2. The molecule has 1 unspecified atom stereocenters. The van der Waals surface area contributed by atoms with E-state index in [0.29, 0.717) is 6.54 Å². The Hall–Kier alpha value is -3.47. The SMILES string of the molecule is COc1cccc2c1C(=O)c1c(O)c3c(c(O)c1C2=O)C[C@@](O)(C(=O)CO)C[C@@H]3O[C@H]1C[C@H]2[C@H](O[C@@H]3[C@@H](OC)OC(C)CN32)[C@H](C)O1. The summed E-state index contributed by atoms with van der Waals surface area (Å²) in [7, 11) is 2.89. The highest BCUT2D eigenvalue weighted by molar-refractivity contribution is 6.31. The van der Waals surface area contributed by atoms with E-state index in [4.69, 9.17) is 28.4 Å². The first-order valence-corrected chi connectivity index (χ1v) is 15.6. The average molecular weight is 656 g/mol. The summed E-state index contributed by atoms with van der Waals surface area (Å²) >= 11 is 0. The topological polar surface area (TPSA) is 191 Å². The third-order valence-electron chi connectivity index (χ3n) is 10.0. The molecule has 3 saturated heterocycles. The maximum absolute atomic E-state index is 13.9. The van der Waals surface area contributed by atoms with Gasteiger partial charge in [0, 0.05) is 55.6 Å². The Morgan fingerprint density at radius 2 is 1.79 bits per heavy atom. The van der Waals surface area contributed by atoms with Crippen LogP contribution in [0.15, 0.2) is 18.2 Å². The molecule has 14 heteroatoms. The predicted molar refractivity (Wildman–Crippen MR) is 158 cm³/mol. The van der Waals surface area contributed by atoms with Crippen LogP contribution in [0.1, 0.15) is 75.8 Å². The Morgan fingerprint density at radius 3 is 2.49 bits per heavy atom. The smallest absolute Gasteiger partial charge is 0.202 e. The van der Waals surface area contributed by atoms with Crippen molar-refractivity contribution in [3.63, 3.8) is 0 Å². The van der Waals surface area contributed by atoms with E-state index in [-0.39, 0.29) is 52.7 Å². The highest BCUT2D eigenvalue weighted by atomic mass is 16.7. The Labute approximate surface area is 269 Å². The number of aliphatic hydroxyl groups excluding tert-OH is 1. The van der Waals surface area contributed by atoms with Gasteiger partial charge in [0.15, 0.2) is 30.4 Å². The fourth-order valence-corrected chi connectivity index (χ4v) is 7.90. The molecule has 14 nitrogen and oxygen atoms in total. The first-order valence-electron chi connectivity index (χ1n) is 15.6. The van der Waals surface area contributed by atoms with E-state index in [1.807, 2.05) is 13.8 Å².